The maximum absolute atomic E-state index is 11.9. The molecule has 1 heterocycles. The molecule has 1 atom stereocenters. The third-order valence-electron chi connectivity index (χ3n) is 3.56. The van der Waals surface area contributed by atoms with Crippen LogP contribution in [0.3, 0.4) is 0 Å². The number of nitro groups is 1. The van der Waals surface area contributed by atoms with E-state index in [1.54, 1.807) is 6.07 Å². The first-order valence-electron chi connectivity index (χ1n) is 7.03. The zero-order chi connectivity index (χ0) is 15.2. The third-order valence-corrected chi connectivity index (χ3v) is 3.88. The number of piperidine rings is 1. The van der Waals surface area contributed by atoms with Crippen molar-refractivity contribution in [3.8, 4) is 0 Å². The normalized spacial score (nSPS) is 18.2. The van der Waals surface area contributed by atoms with Gasteiger partial charge in [-0.25, -0.2) is 0 Å². The van der Waals surface area contributed by atoms with Crippen LogP contribution in [0.1, 0.15) is 32.1 Å². The number of nitro benzene ring substituents is 1. The van der Waals surface area contributed by atoms with Crippen molar-refractivity contribution in [3.63, 3.8) is 0 Å². The molecule has 114 valence electrons. The zero-order valence-electron chi connectivity index (χ0n) is 11.6. The van der Waals surface area contributed by atoms with Gasteiger partial charge in [0, 0.05) is 24.2 Å². The van der Waals surface area contributed by atoms with Gasteiger partial charge in [-0.15, -0.1) is 0 Å². The molecule has 0 spiro atoms. The Morgan fingerprint density at radius 3 is 2.95 bits per heavy atom. The van der Waals surface area contributed by atoms with Gasteiger partial charge in [0.25, 0.3) is 5.69 Å². The largest absolute Gasteiger partial charge is 0.326 e. The molecule has 6 nitrogen and oxygen atoms in total. The van der Waals surface area contributed by atoms with Crippen molar-refractivity contribution in [3.05, 3.63) is 33.3 Å². The fraction of sp³-hybridized carbons (Fsp3) is 0.500. The Labute approximate surface area is 128 Å². The van der Waals surface area contributed by atoms with Crippen LogP contribution >= 0.6 is 11.6 Å². The van der Waals surface area contributed by atoms with Crippen molar-refractivity contribution in [2.24, 2.45) is 0 Å². The Balaban J connectivity index is 1.87. The van der Waals surface area contributed by atoms with Gasteiger partial charge in [-0.05, 0) is 37.9 Å². The average molecular weight is 312 g/mol. The first kappa shape index (κ1) is 15.7. The number of hydrogen-bond donors (Lipinski definition) is 2. The quantitative estimate of drug-likeness (QED) is 0.646. The van der Waals surface area contributed by atoms with Crippen molar-refractivity contribution >= 4 is 28.9 Å². The van der Waals surface area contributed by atoms with E-state index in [2.05, 4.69) is 10.6 Å². The Morgan fingerprint density at radius 1 is 1.48 bits per heavy atom. The molecular formula is C14H18ClN3O3. The molecule has 2 N–H and O–H groups in total. The molecule has 1 amide bonds. The van der Waals surface area contributed by atoms with Crippen molar-refractivity contribution in [2.45, 2.75) is 38.1 Å². The van der Waals surface area contributed by atoms with E-state index in [1.807, 2.05) is 0 Å². The first-order valence-corrected chi connectivity index (χ1v) is 7.41. The van der Waals surface area contributed by atoms with Gasteiger partial charge in [0.1, 0.15) is 5.02 Å². The van der Waals surface area contributed by atoms with Crippen molar-refractivity contribution < 1.29 is 9.72 Å². The van der Waals surface area contributed by atoms with Crippen LogP contribution in [0.15, 0.2) is 18.2 Å². The summed E-state index contributed by atoms with van der Waals surface area (Å²) in [6.07, 6.45) is 4.66. The predicted octanol–water partition coefficient (Wildman–Crippen LogP) is 3.11. The highest BCUT2D eigenvalue weighted by atomic mass is 35.5. The minimum absolute atomic E-state index is 0.0596. The molecule has 1 aromatic rings. The van der Waals surface area contributed by atoms with E-state index in [9.17, 15) is 14.9 Å². The predicted molar refractivity (Wildman–Crippen MR) is 81.6 cm³/mol. The molecule has 0 bridgehead atoms. The Bertz CT molecular complexity index is 530. The monoisotopic (exact) mass is 311 g/mol. The van der Waals surface area contributed by atoms with Gasteiger partial charge in [0.15, 0.2) is 0 Å². The Kier molecular flexibility index (Phi) is 5.52. The SMILES string of the molecule is O=C(CCC1CCCCN1)Nc1ccc(Cl)c([N+](=O)[O-])c1. The number of benzene rings is 1. The third kappa shape index (κ3) is 4.68. The molecule has 1 saturated heterocycles. The highest BCUT2D eigenvalue weighted by Crippen LogP contribution is 2.27. The summed E-state index contributed by atoms with van der Waals surface area (Å²) in [6.45, 7) is 1.01. The molecular weight excluding hydrogens is 294 g/mol. The molecule has 0 aliphatic carbocycles. The molecule has 1 fully saturated rings. The van der Waals surface area contributed by atoms with Crippen LogP contribution in [-0.2, 0) is 4.79 Å². The number of carbonyl (C=O) groups is 1. The molecule has 0 aromatic heterocycles. The van der Waals surface area contributed by atoms with Crippen LogP contribution in [0.4, 0.5) is 11.4 Å². The Hall–Kier alpha value is -1.66. The summed E-state index contributed by atoms with van der Waals surface area (Å²) in [5.74, 6) is -0.140. The molecule has 1 unspecified atom stereocenters. The van der Waals surface area contributed by atoms with E-state index in [1.165, 1.54) is 25.0 Å². The second-order valence-corrected chi connectivity index (χ2v) is 5.56. The van der Waals surface area contributed by atoms with Gasteiger partial charge in [-0.3, -0.25) is 14.9 Å². The maximum atomic E-state index is 11.9. The lowest BCUT2D eigenvalue weighted by Crippen LogP contribution is -2.34. The average Bonchev–Trinajstić information content (AvgIpc) is 2.48. The van der Waals surface area contributed by atoms with E-state index < -0.39 is 4.92 Å². The van der Waals surface area contributed by atoms with E-state index in [0.29, 0.717) is 18.2 Å². The summed E-state index contributed by atoms with van der Waals surface area (Å²) < 4.78 is 0. The minimum atomic E-state index is -0.566. The highest BCUT2D eigenvalue weighted by molar-refractivity contribution is 6.32. The number of hydrogen-bond acceptors (Lipinski definition) is 4. The van der Waals surface area contributed by atoms with E-state index >= 15 is 0 Å². The van der Waals surface area contributed by atoms with Gasteiger partial charge in [0.2, 0.25) is 5.91 Å². The number of anilines is 1. The fourth-order valence-electron chi connectivity index (χ4n) is 2.43. The molecule has 1 aliphatic heterocycles. The standard InChI is InChI=1S/C14H18ClN3O3/c15-12-6-4-11(9-13(12)18(20)21)17-14(19)7-5-10-3-1-2-8-16-10/h4,6,9-10,16H,1-3,5,7-8H2,(H,17,19). The van der Waals surface area contributed by atoms with Gasteiger partial charge >= 0.3 is 0 Å². The highest BCUT2D eigenvalue weighted by Gasteiger charge is 2.16. The smallest absolute Gasteiger partial charge is 0.289 e. The lowest BCUT2D eigenvalue weighted by molar-refractivity contribution is -0.384. The lowest BCUT2D eigenvalue weighted by Gasteiger charge is -2.23. The van der Waals surface area contributed by atoms with Crippen molar-refractivity contribution in [1.82, 2.24) is 5.32 Å². The van der Waals surface area contributed by atoms with Gasteiger partial charge in [-0.1, -0.05) is 18.0 Å². The number of halogens is 1. The summed E-state index contributed by atoms with van der Waals surface area (Å²) in [5.41, 5.74) is 0.191. The number of carbonyl (C=O) groups excluding carboxylic acids is 1. The number of nitrogens with one attached hydrogen (secondary N) is 2. The molecule has 1 aromatic carbocycles. The van der Waals surface area contributed by atoms with Gasteiger partial charge in [-0.2, -0.15) is 0 Å². The van der Waals surface area contributed by atoms with Crippen LogP contribution in [0, 0.1) is 10.1 Å². The van der Waals surface area contributed by atoms with Crippen LogP contribution in [-0.4, -0.2) is 23.4 Å². The fourth-order valence-corrected chi connectivity index (χ4v) is 2.62. The molecule has 2 rings (SSSR count). The summed E-state index contributed by atoms with van der Waals surface area (Å²) >= 11 is 5.73. The Morgan fingerprint density at radius 2 is 2.29 bits per heavy atom. The minimum Gasteiger partial charge on any atom is -0.326 e. The van der Waals surface area contributed by atoms with E-state index in [4.69, 9.17) is 11.6 Å². The van der Waals surface area contributed by atoms with Crippen molar-refractivity contribution in [1.29, 1.82) is 0 Å². The molecule has 0 radical (unpaired) electrons. The van der Waals surface area contributed by atoms with Crippen molar-refractivity contribution in [2.75, 3.05) is 11.9 Å². The topological polar surface area (TPSA) is 84.3 Å². The maximum Gasteiger partial charge on any atom is 0.289 e. The molecule has 0 saturated carbocycles. The van der Waals surface area contributed by atoms with Crippen LogP contribution in [0.2, 0.25) is 5.02 Å². The first-order chi connectivity index (χ1) is 10.1. The summed E-state index contributed by atoms with van der Waals surface area (Å²) in [4.78, 5) is 22.1. The molecule has 7 heteroatoms. The number of nitrogens with zero attached hydrogens (tertiary/aromatic N) is 1. The van der Waals surface area contributed by atoms with E-state index in [0.717, 1.165) is 19.4 Å². The summed E-state index contributed by atoms with van der Waals surface area (Å²) in [7, 11) is 0. The zero-order valence-corrected chi connectivity index (χ0v) is 12.4. The lowest BCUT2D eigenvalue weighted by atomic mass is 10.0. The summed E-state index contributed by atoms with van der Waals surface area (Å²) in [5, 5.41) is 16.9. The second kappa shape index (κ2) is 7.38. The second-order valence-electron chi connectivity index (χ2n) is 5.16. The van der Waals surface area contributed by atoms with Crippen LogP contribution in [0.5, 0.6) is 0 Å². The molecule has 1 aliphatic rings. The number of amides is 1. The van der Waals surface area contributed by atoms with Crippen LogP contribution in [0.25, 0.3) is 0 Å². The van der Waals surface area contributed by atoms with Crippen LogP contribution < -0.4 is 10.6 Å². The number of rotatable bonds is 5. The van der Waals surface area contributed by atoms with E-state index in [-0.39, 0.29) is 16.6 Å². The van der Waals surface area contributed by atoms with Gasteiger partial charge < -0.3 is 10.6 Å². The van der Waals surface area contributed by atoms with Gasteiger partial charge in [0.05, 0.1) is 4.92 Å². The summed E-state index contributed by atoms with van der Waals surface area (Å²) in [6, 6.07) is 4.65. The molecule has 21 heavy (non-hydrogen) atoms.